The summed E-state index contributed by atoms with van der Waals surface area (Å²) in [4.78, 5) is 17.4. The van der Waals surface area contributed by atoms with E-state index in [0.29, 0.717) is 32.5 Å². The number of hydrogen-bond donors (Lipinski definition) is 1. The standard InChI is InChI=1S/C16H13Cl2N3O/c1-9(19)15-20-14-12(18)8-7-11(17)13(14)16(22)21(15)10-5-3-2-4-6-10/h2-9H,19H2,1H3/t9-/m0/s1. The predicted octanol–water partition coefficient (Wildman–Crippen LogP) is 3.71. The molecule has 0 aliphatic rings. The molecule has 1 aromatic heterocycles. The molecule has 2 N–H and O–H groups in total. The molecule has 0 saturated carbocycles. The van der Waals surface area contributed by atoms with E-state index < -0.39 is 6.04 Å². The highest BCUT2D eigenvalue weighted by Crippen LogP contribution is 2.27. The summed E-state index contributed by atoms with van der Waals surface area (Å²) in [5.74, 6) is 0.438. The summed E-state index contributed by atoms with van der Waals surface area (Å²) in [6.07, 6.45) is 0. The molecule has 112 valence electrons. The lowest BCUT2D eigenvalue weighted by Crippen LogP contribution is -2.27. The van der Waals surface area contributed by atoms with Crippen molar-refractivity contribution in [3.63, 3.8) is 0 Å². The van der Waals surface area contributed by atoms with Gasteiger partial charge in [0.25, 0.3) is 5.56 Å². The van der Waals surface area contributed by atoms with Crippen LogP contribution in [0.15, 0.2) is 47.3 Å². The van der Waals surface area contributed by atoms with E-state index in [4.69, 9.17) is 28.9 Å². The lowest BCUT2D eigenvalue weighted by molar-refractivity contribution is 0.696. The van der Waals surface area contributed by atoms with Crippen LogP contribution < -0.4 is 11.3 Å². The van der Waals surface area contributed by atoms with Crippen molar-refractivity contribution in [3.8, 4) is 5.69 Å². The van der Waals surface area contributed by atoms with Gasteiger partial charge in [0.1, 0.15) is 5.82 Å². The molecule has 2 aromatic carbocycles. The fraction of sp³-hybridized carbons (Fsp3) is 0.125. The summed E-state index contributed by atoms with van der Waals surface area (Å²) in [6.45, 7) is 1.77. The summed E-state index contributed by atoms with van der Waals surface area (Å²) in [7, 11) is 0. The van der Waals surface area contributed by atoms with E-state index >= 15 is 0 Å². The number of hydrogen-bond acceptors (Lipinski definition) is 3. The first-order chi connectivity index (χ1) is 10.5. The van der Waals surface area contributed by atoms with Crippen LogP contribution in [0.2, 0.25) is 10.0 Å². The molecule has 0 amide bonds. The zero-order valence-corrected chi connectivity index (χ0v) is 13.3. The number of fused-ring (bicyclic) bond motifs is 1. The second-order valence-electron chi connectivity index (χ2n) is 4.99. The van der Waals surface area contributed by atoms with Gasteiger partial charge in [0, 0.05) is 0 Å². The summed E-state index contributed by atoms with van der Waals surface area (Å²) < 4.78 is 1.48. The minimum absolute atomic E-state index is 0.281. The molecule has 22 heavy (non-hydrogen) atoms. The van der Waals surface area contributed by atoms with E-state index in [1.165, 1.54) is 4.57 Å². The van der Waals surface area contributed by atoms with Gasteiger partial charge in [0.05, 0.1) is 32.7 Å². The molecule has 0 spiro atoms. The van der Waals surface area contributed by atoms with Gasteiger partial charge in [0.15, 0.2) is 0 Å². The van der Waals surface area contributed by atoms with Gasteiger partial charge < -0.3 is 5.73 Å². The van der Waals surface area contributed by atoms with E-state index in [-0.39, 0.29) is 5.56 Å². The molecule has 1 heterocycles. The molecule has 0 saturated heterocycles. The fourth-order valence-corrected chi connectivity index (χ4v) is 2.80. The van der Waals surface area contributed by atoms with Crippen molar-refractivity contribution < 1.29 is 0 Å². The van der Waals surface area contributed by atoms with Crippen molar-refractivity contribution in [3.05, 3.63) is 68.7 Å². The third kappa shape index (κ3) is 2.39. The number of aromatic nitrogens is 2. The smallest absolute Gasteiger partial charge is 0.267 e. The van der Waals surface area contributed by atoms with Crippen LogP contribution in [0.1, 0.15) is 18.8 Å². The zero-order valence-electron chi connectivity index (χ0n) is 11.8. The lowest BCUT2D eigenvalue weighted by atomic mass is 10.2. The SMILES string of the molecule is C[C@H](N)c1nc2c(Cl)ccc(Cl)c2c(=O)n1-c1ccccc1. The Labute approximate surface area is 137 Å². The first-order valence-corrected chi connectivity index (χ1v) is 7.48. The maximum Gasteiger partial charge on any atom is 0.267 e. The summed E-state index contributed by atoms with van der Waals surface area (Å²) >= 11 is 12.3. The van der Waals surface area contributed by atoms with Gasteiger partial charge in [-0.15, -0.1) is 0 Å². The Hall–Kier alpha value is -1.88. The molecular weight excluding hydrogens is 321 g/mol. The molecule has 0 fully saturated rings. The highest BCUT2D eigenvalue weighted by Gasteiger charge is 2.18. The molecule has 4 nitrogen and oxygen atoms in total. The molecule has 3 aromatic rings. The van der Waals surface area contributed by atoms with Gasteiger partial charge in [-0.05, 0) is 31.2 Å². The van der Waals surface area contributed by atoms with Gasteiger partial charge >= 0.3 is 0 Å². The molecule has 0 radical (unpaired) electrons. The van der Waals surface area contributed by atoms with Gasteiger partial charge in [-0.25, -0.2) is 4.98 Å². The highest BCUT2D eigenvalue weighted by atomic mass is 35.5. The normalized spacial score (nSPS) is 12.5. The van der Waals surface area contributed by atoms with Crippen LogP contribution in [-0.2, 0) is 0 Å². The monoisotopic (exact) mass is 333 g/mol. The first kappa shape index (κ1) is 15.0. The Kier molecular flexibility index (Phi) is 3.91. The van der Waals surface area contributed by atoms with Gasteiger partial charge in [0.2, 0.25) is 0 Å². The maximum atomic E-state index is 13.0. The number of halogens is 2. The Morgan fingerprint density at radius 1 is 1.09 bits per heavy atom. The van der Waals surface area contributed by atoms with Crippen LogP contribution in [0.4, 0.5) is 0 Å². The van der Waals surface area contributed by atoms with Crippen molar-refractivity contribution >= 4 is 34.1 Å². The summed E-state index contributed by atoms with van der Waals surface area (Å²) in [6, 6.07) is 12.0. The average Bonchev–Trinajstić information content (AvgIpc) is 2.51. The Bertz CT molecular complexity index is 905. The van der Waals surface area contributed by atoms with E-state index in [9.17, 15) is 4.79 Å². The third-order valence-corrected chi connectivity index (χ3v) is 3.99. The first-order valence-electron chi connectivity index (χ1n) is 6.72. The lowest BCUT2D eigenvalue weighted by Gasteiger charge is -2.16. The minimum Gasteiger partial charge on any atom is -0.322 e. The van der Waals surface area contributed by atoms with E-state index in [0.717, 1.165) is 0 Å². The molecule has 0 bridgehead atoms. The van der Waals surface area contributed by atoms with Gasteiger partial charge in [-0.1, -0.05) is 41.4 Å². The molecule has 0 aliphatic heterocycles. The molecule has 1 atom stereocenters. The number of rotatable bonds is 2. The second kappa shape index (κ2) is 5.72. The molecule has 0 unspecified atom stereocenters. The van der Waals surface area contributed by atoms with Gasteiger partial charge in [-0.2, -0.15) is 0 Å². The third-order valence-electron chi connectivity index (χ3n) is 3.37. The van der Waals surface area contributed by atoms with Crippen LogP contribution in [0.25, 0.3) is 16.6 Å². The van der Waals surface area contributed by atoms with Crippen LogP contribution in [-0.4, -0.2) is 9.55 Å². The molecule has 6 heteroatoms. The Morgan fingerprint density at radius 3 is 2.36 bits per heavy atom. The summed E-state index contributed by atoms with van der Waals surface area (Å²) in [5, 5.41) is 0.985. The van der Waals surface area contributed by atoms with Crippen LogP contribution in [0.3, 0.4) is 0 Å². The highest BCUT2D eigenvalue weighted by molar-refractivity contribution is 6.39. The zero-order chi connectivity index (χ0) is 15.9. The van der Waals surface area contributed by atoms with Crippen molar-refractivity contribution in [2.45, 2.75) is 13.0 Å². The maximum absolute atomic E-state index is 13.0. The Balaban J connectivity index is 2.51. The number of nitrogens with two attached hydrogens (primary N) is 1. The minimum atomic E-state index is -0.438. The number of para-hydroxylation sites is 1. The van der Waals surface area contributed by atoms with Gasteiger partial charge in [-0.3, -0.25) is 9.36 Å². The van der Waals surface area contributed by atoms with Crippen molar-refractivity contribution in [2.75, 3.05) is 0 Å². The van der Waals surface area contributed by atoms with Crippen LogP contribution >= 0.6 is 23.2 Å². The number of benzene rings is 2. The van der Waals surface area contributed by atoms with Crippen LogP contribution in [0.5, 0.6) is 0 Å². The van der Waals surface area contributed by atoms with Crippen molar-refractivity contribution in [2.24, 2.45) is 5.73 Å². The van der Waals surface area contributed by atoms with Crippen molar-refractivity contribution in [1.82, 2.24) is 9.55 Å². The topological polar surface area (TPSA) is 60.9 Å². The molecule has 3 rings (SSSR count). The molecule has 0 aliphatic carbocycles. The van der Waals surface area contributed by atoms with E-state index in [2.05, 4.69) is 4.98 Å². The fourth-order valence-electron chi connectivity index (χ4n) is 2.37. The predicted molar refractivity (Wildman–Crippen MR) is 90.0 cm³/mol. The second-order valence-corrected chi connectivity index (χ2v) is 5.80. The van der Waals surface area contributed by atoms with E-state index in [1.807, 2.05) is 30.3 Å². The average molecular weight is 334 g/mol. The molecular formula is C16H13Cl2N3O. The van der Waals surface area contributed by atoms with E-state index in [1.54, 1.807) is 19.1 Å². The largest absolute Gasteiger partial charge is 0.322 e. The quantitative estimate of drug-likeness (QED) is 0.777. The van der Waals surface area contributed by atoms with Crippen LogP contribution in [0, 0.1) is 0 Å². The Morgan fingerprint density at radius 2 is 1.73 bits per heavy atom. The summed E-state index contributed by atoms with van der Waals surface area (Å²) in [5.41, 5.74) is 6.78. The van der Waals surface area contributed by atoms with Crippen molar-refractivity contribution in [1.29, 1.82) is 0 Å². The number of nitrogens with zero attached hydrogens (tertiary/aromatic N) is 2.